The van der Waals surface area contributed by atoms with Crippen LogP contribution in [0, 0.1) is 0 Å². The van der Waals surface area contributed by atoms with Gasteiger partial charge >= 0.3 is 0 Å². The number of amides is 1. The fourth-order valence-electron chi connectivity index (χ4n) is 7.17. The van der Waals surface area contributed by atoms with Crippen molar-refractivity contribution in [1.82, 2.24) is 5.32 Å². The quantitative estimate of drug-likeness (QED) is 0.0559. The number of unbranched alkanes of at least 4 members (excludes halogenated alkanes) is 24. The lowest BCUT2D eigenvalue weighted by atomic mass is 10.0. The van der Waals surface area contributed by atoms with Gasteiger partial charge in [-0.1, -0.05) is 174 Å². The van der Waals surface area contributed by atoms with Gasteiger partial charge in [0.05, 0.1) is 13.7 Å². The molecule has 0 spiro atoms. The van der Waals surface area contributed by atoms with Gasteiger partial charge in [-0.15, -0.1) is 0 Å². The van der Waals surface area contributed by atoms with Crippen LogP contribution in [0.2, 0.25) is 0 Å². The van der Waals surface area contributed by atoms with Gasteiger partial charge < -0.3 is 19.5 Å². The first-order valence-corrected chi connectivity index (χ1v) is 22.3. The maximum Gasteiger partial charge on any atom is 0.261 e. The minimum atomic E-state index is -0.566. The molecule has 0 radical (unpaired) electrons. The van der Waals surface area contributed by atoms with Crippen LogP contribution in [0.25, 0.3) is 0 Å². The van der Waals surface area contributed by atoms with E-state index in [9.17, 15) is 4.79 Å². The van der Waals surface area contributed by atoms with Crippen LogP contribution in [0.15, 0.2) is 42.6 Å². The van der Waals surface area contributed by atoms with E-state index in [2.05, 4.69) is 42.9 Å². The van der Waals surface area contributed by atoms with E-state index in [1.165, 1.54) is 148 Å². The first kappa shape index (κ1) is 46.4. The zero-order valence-electron chi connectivity index (χ0n) is 34.9. The predicted octanol–water partition coefficient (Wildman–Crippen LogP) is 13.0. The normalized spacial score (nSPS) is 11.8. The highest BCUT2D eigenvalue weighted by Crippen LogP contribution is 2.32. The second-order valence-corrected chi connectivity index (χ2v) is 15.2. The van der Waals surface area contributed by atoms with Gasteiger partial charge in [0.25, 0.3) is 5.91 Å². The van der Waals surface area contributed by atoms with E-state index >= 15 is 0 Å². The zero-order valence-corrected chi connectivity index (χ0v) is 34.9. The van der Waals surface area contributed by atoms with Gasteiger partial charge in [-0.2, -0.15) is 0 Å². The summed E-state index contributed by atoms with van der Waals surface area (Å²) in [6, 6.07) is 11.8. The van der Waals surface area contributed by atoms with E-state index in [0.717, 1.165) is 31.5 Å². The Hall–Kier alpha value is -2.76. The van der Waals surface area contributed by atoms with E-state index < -0.39 is 6.10 Å². The number of aromatic nitrogens is 1. The lowest BCUT2D eigenvalue weighted by molar-refractivity contribution is -0.701. The molecule has 1 aromatic carbocycles. The number of nitrogens with zero attached hydrogens (tertiary/aromatic N) is 1. The molecule has 0 aliphatic rings. The molecule has 6 nitrogen and oxygen atoms in total. The minimum Gasteiger partial charge on any atom is -0.493 e. The topological polar surface area (TPSA) is 60.7 Å². The van der Waals surface area contributed by atoms with Crippen LogP contribution in [0.3, 0.4) is 0 Å². The van der Waals surface area contributed by atoms with Crippen molar-refractivity contribution in [2.75, 3.05) is 13.7 Å². The highest BCUT2D eigenvalue weighted by Gasteiger charge is 2.22. The molecule has 0 bridgehead atoms. The Kier molecular flexibility index (Phi) is 28.6. The van der Waals surface area contributed by atoms with Crippen molar-refractivity contribution in [1.29, 1.82) is 0 Å². The molecule has 53 heavy (non-hydrogen) atoms. The first-order chi connectivity index (χ1) is 26.1. The third kappa shape index (κ3) is 22.9. The number of ether oxygens (including phenoxy) is 3. The third-order valence-electron chi connectivity index (χ3n) is 10.6. The number of carbonyl (C=O) groups excluding carboxylic acids is 1. The summed E-state index contributed by atoms with van der Waals surface area (Å²) >= 11 is 0. The summed E-state index contributed by atoms with van der Waals surface area (Å²) in [7, 11) is 1.67. The van der Waals surface area contributed by atoms with Crippen LogP contribution in [0.1, 0.15) is 200 Å². The van der Waals surface area contributed by atoms with E-state index in [1.54, 1.807) is 7.11 Å². The standard InChI is InChI=1S/C47H80N2O4/c1-5-8-10-12-14-16-18-20-21-22-24-26-28-30-35-45(47(50)48-41-42-34-31-32-38-49(42)7-3)53-43-36-37-44(51-4)46(40-43)52-39-33-29-27-25-23-19-17-15-13-11-9-6-2/h31-32,34,36-38,40,45H,5-30,33,35,39,41H2,1-4H3/p+1. The maximum atomic E-state index is 13.6. The van der Waals surface area contributed by atoms with Gasteiger partial charge in [-0.05, 0) is 38.3 Å². The van der Waals surface area contributed by atoms with E-state index in [4.69, 9.17) is 14.2 Å². The molecule has 1 N–H and O–H groups in total. The summed E-state index contributed by atoms with van der Waals surface area (Å²) in [6.07, 6.45) is 36.3. The fourth-order valence-corrected chi connectivity index (χ4v) is 7.17. The molecule has 2 rings (SSSR count). The van der Waals surface area contributed by atoms with Crippen LogP contribution >= 0.6 is 0 Å². The van der Waals surface area contributed by atoms with Crippen molar-refractivity contribution in [2.45, 2.75) is 213 Å². The molecule has 302 valence electrons. The van der Waals surface area contributed by atoms with Gasteiger partial charge in [0.1, 0.15) is 18.8 Å². The second-order valence-electron chi connectivity index (χ2n) is 15.2. The molecular formula is C47H81N2O4+. The number of benzene rings is 1. The zero-order chi connectivity index (χ0) is 38.0. The molecule has 0 aliphatic heterocycles. The van der Waals surface area contributed by atoms with Gasteiger partial charge in [0.2, 0.25) is 5.69 Å². The van der Waals surface area contributed by atoms with Crippen LogP contribution in [0.4, 0.5) is 0 Å². The third-order valence-corrected chi connectivity index (χ3v) is 10.6. The molecule has 1 aromatic heterocycles. The number of methoxy groups -OCH3 is 1. The van der Waals surface area contributed by atoms with Crippen LogP contribution in [-0.2, 0) is 17.9 Å². The number of hydrogen-bond donors (Lipinski definition) is 1. The average molecular weight is 738 g/mol. The smallest absolute Gasteiger partial charge is 0.261 e. The average Bonchev–Trinajstić information content (AvgIpc) is 3.18. The highest BCUT2D eigenvalue weighted by atomic mass is 16.5. The molecule has 0 aliphatic carbocycles. The Balaban J connectivity index is 1.81. The fraction of sp³-hybridized carbons (Fsp3) is 0.745. The van der Waals surface area contributed by atoms with Crippen molar-refractivity contribution >= 4 is 5.91 Å². The van der Waals surface area contributed by atoms with Gasteiger partial charge in [0, 0.05) is 18.2 Å². The van der Waals surface area contributed by atoms with Crippen molar-refractivity contribution in [3.05, 3.63) is 48.3 Å². The molecule has 1 heterocycles. The van der Waals surface area contributed by atoms with E-state index in [0.29, 0.717) is 36.8 Å². The van der Waals surface area contributed by atoms with Crippen molar-refractivity contribution in [2.24, 2.45) is 0 Å². The largest absolute Gasteiger partial charge is 0.493 e. The highest BCUT2D eigenvalue weighted by molar-refractivity contribution is 5.81. The molecule has 1 amide bonds. The Labute approximate surface area is 326 Å². The van der Waals surface area contributed by atoms with Crippen molar-refractivity contribution in [3.63, 3.8) is 0 Å². The molecule has 2 aromatic rings. The Morgan fingerprint density at radius 3 is 1.64 bits per heavy atom. The lowest BCUT2D eigenvalue weighted by Crippen LogP contribution is -2.43. The maximum absolute atomic E-state index is 13.6. The molecule has 1 atom stereocenters. The van der Waals surface area contributed by atoms with Crippen molar-refractivity contribution < 1.29 is 23.6 Å². The summed E-state index contributed by atoms with van der Waals surface area (Å²) in [4.78, 5) is 13.6. The summed E-state index contributed by atoms with van der Waals surface area (Å²) < 4.78 is 20.4. The number of pyridine rings is 1. The summed E-state index contributed by atoms with van der Waals surface area (Å²) in [5.74, 6) is 1.94. The monoisotopic (exact) mass is 738 g/mol. The van der Waals surface area contributed by atoms with Crippen LogP contribution in [-0.4, -0.2) is 25.7 Å². The molecule has 0 fully saturated rings. The van der Waals surface area contributed by atoms with E-state index in [1.807, 2.05) is 30.3 Å². The van der Waals surface area contributed by atoms with Gasteiger partial charge in [0.15, 0.2) is 23.8 Å². The Morgan fingerprint density at radius 1 is 0.623 bits per heavy atom. The summed E-state index contributed by atoms with van der Waals surface area (Å²) in [5.41, 5.74) is 1.08. The van der Waals surface area contributed by atoms with Crippen molar-refractivity contribution in [3.8, 4) is 17.2 Å². The SMILES string of the molecule is CCCCCCCCCCCCCCCCC(Oc1ccc(OC)c(OCCCCCCCCCCCCCC)c1)C(=O)NCc1cccc[n+]1CC. The Bertz CT molecular complexity index is 1160. The molecule has 0 saturated heterocycles. The molecular weight excluding hydrogens is 657 g/mol. The first-order valence-electron chi connectivity index (χ1n) is 22.3. The van der Waals surface area contributed by atoms with Gasteiger partial charge in [-0.3, -0.25) is 4.79 Å². The minimum absolute atomic E-state index is 0.0685. The van der Waals surface area contributed by atoms with Gasteiger partial charge in [-0.25, -0.2) is 4.57 Å². The lowest BCUT2D eigenvalue weighted by Gasteiger charge is -2.20. The molecule has 1 unspecified atom stereocenters. The van der Waals surface area contributed by atoms with E-state index in [-0.39, 0.29) is 5.91 Å². The summed E-state index contributed by atoms with van der Waals surface area (Å²) in [6.45, 7) is 8.66. The number of aryl methyl sites for hydroxylation is 1. The van der Waals surface area contributed by atoms with Crippen LogP contribution < -0.4 is 24.1 Å². The predicted molar refractivity (Wildman–Crippen MR) is 223 cm³/mol. The van der Waals surface area contributed by atoms with Crippen LogP contribution in [0.5, 0.6) is 17.2 Å². The number of nitrogens with one attached hydrogen (secondary N) is 1. The number of hydrogen-bond acceptors (Lipinski definition) is 4. The number of carbonyl (C=O) groups is 1. The molecule has 6 heteroatoms. The number of rotatable bonds is 36. The molecule has 0 saturated carbocycles. The second kappa shape index (κ2) is 32.7. The Morgan fingerprint density at radius 2 is 1.13 bits per heavy atom. The summed E-state index contributed by atoms with van der Waals surface area (Å²) in [5, 5.41) is 3.17.